The zero-order valence-corrected chi connectivity index (χ0v) is 20.6. The van der Waals surface area contributed by atoms with Crippen LogP contribution in [0.4, 0.5) is 4.39 Å². The van der Waals surface area contributed by atoms with E-state index in [1.807, 2.05) is 0 Å². The number of aromatic nitrogens is 2. The van der Waals surface area contributed by atoms with E-state index >= 15 is 0 Å². The second kappa shape index (κ2) is 12.0. The molecule has 2 aromatic heterocycles. The zero-order chi connectivity index (χ0) is 26.4. The van der Waals surface area contributed by atoms with E-state index in [1.54, 1.807) is 17.0 Å². The molecule has 0 atom stereocenters. The van der Waals surface area contributed by atoms with Crippen LogP contribution in [0.25, 0.3) is 11.0 Å². The van der Waals surface area contributed by atoms with Crippen molar-refractivity contribution in [1.82, 2.24) is 19.4 Å². The number of pyridine rings is 2. The van der Waals surface area contributed by atoms with Gasteiger partial charge in [0, 0.05) is 51.9 Å². The lowest BCUT2D eigenvalue weighted by Gasteiger charge is -2.27. The van der Waals surface area contributed by atoms with Crippen LogP contribution in [-0.2, 0) is 17.9 Å². The molecule has 1 saturated heterocycles. The van der Waals surface area contributed by atoms with Crippen molar-refractivity contribution in [3.05, 3.63) is 69.9 Å². The molecule has 10 heteroatoms. The number of amides is 2. The maximum absolute atomic E-state index is 13.6. The summed E-state index contributed by atoms with van der Waals surface area (Å²) >= 11 is 0. The van der Waals surface area contributed by atoms with E-state index in [4.69, 9.17) is 0 Å². The third-order valence-electron chi connectivity index (χ3n) is 6.60. The summed E-state index contributed by atoms with van der Waals surface area (Å²) in [6, 6.07) is 8.94. The third kappa shape index (κ3) is 5.96. The third-order valence-corrected chi connectivity index (χ3v) is 6.60. The molecule has 2 amide bonds. The molecule has 0 saturated carbocycles. The lowest BCUT2D eigenvalue weighted by Crippen LogP contribution is -2.38. The Hall–Kier alpha value is -3.79. The molecule has 3 aromatic rings. The van der Waals surface area contributed by atoms with Gasteiger partial charge in [-0.3, -0.25) is 19.4 Å². The highest BCUT2D eigenvalue weighted by Gasteiger charge is 2.27. The van der Waals surface area contributed by atoms with Crippen LogP contribution in [0, 0.1) is 5.82 Å². The highest BCUT2D eigenvalue weighted by Crippen LogP contribution is 2.26. The minimum atomic E-state index is -0.701. The topological polar surface area (TPSA) is 116 Å². The molecule has 0 unspecified atom stereocenters. The number of rotatable bonds is 10. The standard InChI is InChI=1S/C27H31FN4O5/c28-20-10-8-19(9-11-20)18-31(15-5-17-33)26(36)23-25(35)24-21(6-3-12-29-24)32(27(23)37)16-4-14-30-13-2-1-7-22(30)34/h3,6,8-12,33,35H,1-2,4-5,7,13-18H2. The molecular formula is C27H31FN4O5. The first-order chi connectivity index (χ1) is 17.9. The van der Waals surface area contributed by atoms with Gasteiger partial charge in [0.1, 0.15) is 16.9 Å². The predicted molar refractivity (Wildman–Crippen MR) is 136 cm³/mol. The smallest absolute Gasteiger partial charge is 0.267 e. The highest BCUT2D eigenvalue weighted by molar-refractivity contribution is 6.01. The Morgan fingerprint density at radius 1 is 1.08 bits per heavy atom. The molecule has 0 bridgehead atoms. The summed E-state index contributed by atoms with van der Waals surface area (Å²) in [4.78, 5) is 46.8. The van der Waals surface area contributed by atoms with Crippen LogP contribution in [0.2, 0.25) is 0 Å². The van der Waals surface area contributed by atoms with Crippen LogP contribution in [0.5, 0.6) is 5.75 Å². The van der Waals surface area contributed by atoms with Crippen LogP contribution in [0.3, 0.4) is 0 Å². The Morgan fingerprint density at radius 3 is 2.59 bits per heavy atom. The monoisotopic (exact) mass is 510 g/mol. The van der Waals surface area contributed by atoms with Crippen LogP contribution in [-0.4, -0.2) is 67.6 Å². The highest BCUT2D eigenvalue weighted by atomic mass is 19.1. The van der Waals surface area contributed by atoms with Crippen molar-refractivity contribution >= 4 is 22.8 Å². The summed E-state index contributed by atoms with van der Waals surface area (Å²) in [5.41, 5.74) is 0.106. The fourth-order valence-corrected chi connectivity index (χ4v) is 4.68. The molecule has 0 spiro atoms. The van der Waals surface area contributed by atoms with E-state index < -0.39 is 28.6 Å². The van der Waals surface area contributed by atoms with Crippen LogP contribution in [0.15, 0.2) is 47.4 Å². The SMILES string of the molecule is O=C1CCCCN1CCCn1c(=O)c(C(=O)N(CCCO)Cc2ccc(F)cc2)c(O)c2ncccc21. The Labute approximate surface area is 213 Å². The number of carbonyl (C=O) groups is 2. The number of carbonyl (C=O) groups excluding carboxylic acids is 2. The molecule has 0 aliphatic carbocycles. The summed E-state index contributed by atoms with van der Waals surface area (Å²) in [5.74, 6) is -1.51. The molecule has 0 radical (unpaired) electrons. The van der Waals surface area contributed by atoms with E-state index in [2.05, 4.69) is 4.98 Å². The van der Waals surface area contributed by atoms with Crippen molar-refractivity contribution in [2.24, 2.45) is 0 Å². The molecule has 2 N–H and O–H groups in total. The molecule has 4 rings (SSSR count). The van der Waals surface area contributed by atoms with E-state index in [0.29, 0.717) is 37.0 Å². The molecule has 37 heavy (non-hydrogen) atoms. The average molecular weight is 511 g/mol. The number of aryl methyl sites for hydroxylation is 1. The summed E-state index contributed by atoms with van der Waals surface area (Å²) in [6.45, 7) is 1.44. The largest absolute Gasteiger partial charge is 0.505 e. The van der Waals surface area contributed by atoms with Gasteiger partial charge in [-0.05, 0) is 55.5 Å². The Morgan fingerprint density at radius 2 is 1.86 bits per heavy atom. The number of halogens is 1. The summed E-state index contributed by atoms with van der Waals surface area (Å²) < 4.78 is 14.8. The van der Waals surface area contributed by atoms with Crippen molar-refractivity contribution in [3.63, 3.8) is 0 Å². The normalized spacial score (nSPS) is 13.8. The maximum atomic E-state index is 13.6. The first-order valence-corrected chi connectivity index (χ1v) is 12.5. The Kier molecular flexibility index (Phi) is 8.50. The Balaban J connectivity index is 1.67. The van der Waals surface area contributed by atoms with Gasteiger partial charge >= 0.3 is 0 Å². The minimum Gasteiger partial charge on any atom is -0.505 e. The molecular weight excluding hydrogens is 479 g/mol. The lowest BCUT2D eigenvalue weighted by molar-refractivity contribution is -0.133. The first kappa shape index (κ1) is 26.3. The summed E-state index contributed by atoms with van der Waals surface area (Å²) in [5, 5.41) is 20.3. The van der Waals surface area contributed by atoms with Gasteiger partial charge < -0.3 is 24.6 Å². The molecule has 196 valence electrons. The predicted octanol–water partition coefficient (Wildman–Crippen LogP) is 2.67. The fraction of sp³-hybridized carbons (Fsp3) is 0.407. The van der Waals surface area contributed by atoms with E-state index in [-0.39, 0.29) is 44.1 Å². The van der Waals surface area contributed by atoms with Crippen LogP contribution < -0.4 is 5.56 Å². The quantitative estimate of drug-likeness (QED) is 0.433. The van der Waals surface area contributed by atoms with Crippen molar-refractivity contribution in [3.8, 4) is 5.75 Å². The number of aromatic hydroxyl groups is 1. The Bertz CT molecular complexity index is 1320. The number of hydrogen-bond acceptors (Lipinski definition) is 6. The summed E-state index contributed by atoms with van der Waals surface area (Å²) in [6.07, 6.45) is 4.60. The van der Waals surface area contributed by atoms with E-state index in [1.165, 1.54) is 39.9 Å². The second-order valence-electron chi connectivity index (χ2n) is 9.17. The van der Waals surface area contributed by atoms with E-state index in [9.17, 15) is 29.0 Å². The number of likely N-dealkylation sites (tertiary alicyclic amines) is 1. The molecule has 1 fully saturated rings. The van der Waals surface area contributed by atoms with Gasteiger partial charge in [0.25, 0.3) is 11.5 Å². The average Bonchev–Trinajstić information content (AvgIpc) is 2.90. The molecule has 1 aliphatic rings. The van der Waals surface area contributed by atoms with Gasteiger partial charge in [0.05, 0.1) is 5.52 Å². The number of aliphatic hydroxyl groups is 1. The van der Waals surface area contributed by atoms with Gasteiger partial charge in [-0.1, -0.05) is 12.1 Å². The fourth-order valence-electron chi connectivity index (χ4n) is 4.68. The van der Waals surface area contributed by atoms with E-state index in [0.717, 1.165) is 12.8 Å². The number of aliphatic hydroxyl groups excluding tert-OH is 1. The van der Waals surface area contributed by atoms with Crippen LogP contribution >= 0.6 is 0 Å². The van der Waals surface area contributed by atoms with Gasteiger partial charge in [-0.25, -0.2) is 4.39 Å². The number of nitrogens with zero attached hydrogens (tertiary/aromatic N) is 4. The summed E-state index contributed by atoms with van der Waals surface area (Å²) in [7, 11) is 0. The van der Waals surface area contributed by atoms with Crippen molar-refractivity contribution < 1.29 is 24.2 Å². The van der Waals surface area contributed by atoms with Crippen molar-refractivity contribution in [2.75, 3.05) is 26.2 Å². The first-order valence-electron chi connectivity index (χ1n) is 12.5. The second-order valence-corrected chi connectivity index (χ2v) is 9.17. The number of fused-ring (bicyclic) bond motifs is 1. The molecule has 9 nitrogen and oxygen atoms in total. The van der Waals surface area contributed by atoms with Gasteiger partial charge in [-0.2, -0.15) is 0 Å². The molecule has 1 aliphatic heterocycles. The molecule has 3 heterocycles. The van der Waals surface area contributed by atoms with Gasteiger partial charge in [0.2, 0.25) is 5.91 Å². The molecule has 1 aromatic carbocycles. The van der Waals surface area contributed by atoms with Gasteiger partial charge in [0.15, 0.2) is 5.75 Å². The van der Waals surface area contributed by atoms with Gasteiger partial charge in [-0.15, -0.1) is 0 Å². The minimum absolute atomic E-state index is 0.0648. The maximum Gasteiger partial charge on any atom is 0.267 e. The lowest BCUT2D eigenvalue weighted by atomic mass is 10.1. The number of piperidine rings is 1. The number of benzene rings is 1. The van der Waals surface area contributed by atoms with Crippen molar-refractivity contribution in [2.45, 2.75) is 45.2 Å². The zero-order valence-electron chi connectivity index (χ0n) is 20.6. The van der Waals surface area contributed by atoms with Crippen molar-refractivity contribution in [1.29, 1.82) is 0 Å². The number of hydrogen-bond donors (Lipinski definition) is 2. The van der Waals surface area contributed by atoms with Crippen LogP contribution in [0.1, 0.15) is 48.0 Å².